The maximum absolute atomic E-state index is 4.45. The molecule has 1 heterocycles. The Labute approximate surface area is 103 Å². The van der Waals surface area contributed by atoms with Crippen LogP contribution < -0.4 is 0 Å². The standard InChI is InChI=1S/C14H19N3/c1-10(2)14(11(3)4)13(15-17-16-14)12-8-6-5-7-9-12/h5-11H,1-4H3. The summed E-state index contributed by atoms with van der Waals surface area (Å²) in [5, 5.41) is 12.7. The summed E-state index contributed by atoms with van der Waals surface area (Å²) in [5.41, 5.74) is 1.85. The number of hydrogen-bond donors (Lipinski definition) is 0. The first-order valence-corrected chi connectivity index (χ1v) is 6.14. The zero-order chi connectivity index (χ0) is 12.5. The van der Waals surface area contributed by atoms with Crippen LogP contribution in [-0.2, 0) is 0 Å². The van der Waals surface area contributed by atoms with Crippen LogP contribution in [0.2, 0.25) is 0 Å². The van der Waals surface area contributed by atoms with Gasteiger partial charge in [-0.15, -0.1) is 5.10 Å². The Morgan fingerprint density at radius 2 is 1.53 bits per heavy atom. The lowest BCUT2D eigenvalue weighted by Crippen LogP contribution is -2.45. The van der Waals surface area contributed by atoms with Crippen LogP contribution in [0, 0.1) is 11.8 Å². The zero-order valence-electron chi connectivity index (χ0n) is 10.9. The van der Waals surface area contributed by atoms with Crippen LogP contribution in [0.4, 0.5) is 0 Å². The van der Waals surface area contributed by atoms with Crippen molar-refractivity contribution >= 4 is 5.71 Å². The van der Waals surface area contributed by atoms with Crippen LogP contribution in [0.3, 0.4) is 0 Å². The lowest BCUT2D eigenvalue weighted by atomic mass is 9.72. The van der Waals surface area contributed by atoms with E-state index in [9.17, 15) is 0 Å². The summed E-state index contributed by atoms with van der Waals surface area (Å²) in [6.45, 7) is 8.73. The quantitative estimate of drug-likeness (QED) is 0.753. The van der Waals surface area contributed by atoms with Gasteiger partial charge >= 0.3 is 0 Å². The largest absolute Gasteiger partial charge is 0.155 e. The van der Waals surface area contributed by atoms with Gasteiger partial charge in [0, 0.05) is 5.56 Å². The molecular weight excluding hydrogens is 210 g/mol. The number of nitrogens with zero attached hydrogens (tertiary/aromatic N) is 3. The van der Waals surface area contributed by atoms with Crippen molar-refractivity contribution in [2.75, 3.05) is 0 Å². The van der Waals surface area contributed by atoms with E-state index in [0.29, 0.717) is 11.8 Å². The highest BCUT2D eigenvalue weighted by molar-refractivity contribution is 6.08. The molecule has 0 spiro atoms. The fraction of sp³-hybridized carbons (Fsp3) is 0.500. The highest BCUT2D eigenvalue weighted by Gasteiger charge is 2.45. The van der Waals surface area contributed by atoms with Crippen LogP contribution in [0.15, 0.2) is 45.8 Å². The third-order valence-corrected chi connectivity index (χ3v) is 3.54. The summed E-state index contributed by atoms with van der Waals surface area (Å²) in [6, 6.07) is 10.2. The predicted octanol–water partition coefficient (Wildman–Crippen LogP) is 3.91. The van der Waals surface area contributed by atoms with E-state index in [1.54, 1.807) is 0 Å². The molecule has 0 radical (unpaired) electrons. The molecule has 90 valence electrons. The summed E-state index contributed by atoms with van der Waals surface area (Å²) in [4.78, 5) is 0. The Balaban J connectivity index is 2.49. The van der Waals surface area contributed by atoms with E-state index < -0.39 is 0 Å². The first-order valence-electron chi connectivity index (χ1n) is 6.14. The topological polar surface area (TPSA) is 37.1 Å². The minimum absolute atomic E-state index is 0.276. The molecule has 0 fully saturated rings. The fourth-order valence-corrected chi connectivity index (χ4v) is 2.60. The van der Waals surface area contributed by atoms with Crippen molar-refractivity contribution < 1.29 is 0 Å². The van der Waals surface area contributed by atoms with Gasteiger partial charge in [0.05, 0.1) is 0 Å². The van der Waals surface area contributed by atoms with Crippen LogP contribution in [-0.4, -0.2) is 11.3 Å². The zero-order valence-corrected chi connectivity index (χ0v) is 10.9. The molecule has 0 bridgehead atoms. The maximum Gasteiger partial charge on any atom is 0.132 e. The third kappa shape index (κ3) is 1.79. The fourth-order valence-electron chi connectivity index (χ4n) is 2.60. The van der Waals surface area contributed by atoms with Crippen LogP contribution >= 0.6 is 0 Å². The second kappa shape index (κ2) is 4.40. The lowest BCUT2D eigenvalue weighted by molar-refractivity contribution is 0.313. The van der Waals surface area contributed by atoms with Gasteiger partial charge < -0.3 is 0 Å². The van der Waals surface area contributed by atoms with E-state index in [1.807, 2.05) is 18.2 Å². The highest BCUT2D eigenvalue weighted by atomic mass is 15.4. The van der Waals surface area contributed by atoms with E-state index in [1.165, 1.54) is 0 Å². The molecule has 3 nitrogen and oxygen atoms in total. The van der Waals surface area contributed by atoms with Crippen LogP contribution in [0.25, 0.3) is 0 Å². The highest BCUT2D eigenvalue weighted by Crippen LogP contribution is 2.38. The van der Waals surface area contributed by atoms with Crippen molar-refractivity contribution in [3.63, 3.8) is 0 Å². The Morgan fingerprint density at radius 1 is 0.941 bits per heavy atom. The molecule has 1 aliphatic rings. The summed E-state index contributed by atoms with van der Waals surface area (Å²) in [7, 11) is 0. The van der Waals surface area contributed by atoms with Gasteiger partial charge in [0.25, 0.3) is 0 Å². The van der Waals surface area contributed by atoms with E-state index >= 15 is 0 Å². The summed E-state index contributed by atoms with van der Waals surface area (Å²) < 4.78 is 0. The molecule has 0 atom stereocenters. The Bertz CT molecular complexity index is 436. The molecular formula is C14H19N3. The summed E-state index contributed by atoms with van der Waals surface area (Å²) in [5.74, 6) is 0.764. The van der Waals surface area contributed by atoms with Crippen molar-refractivity contribution in [1.29, 1.82) is 0 Å². The average molecular weight is 229 g/mol. The molecule has 0 saturated heterocycles. The van der Waals surface area contributed by atoms with Gasteiger partial charge in [-0.3, -0.25) is 0 Å². The summed E-state index contributed by atoms with van der Waals surface area (Å²) >= 11 is 0. The van der Waals surface area contributed by atoms with Crippen molar-refractivity contribution in [1.82, 2.24) is 0 Å². The Hall–Kier alpha value is -1.51. The van der Waals surface area contributed by atoms with Crippen molar-refractivity contribution in [2.45, 2.75) is 33.2 Å². The van der Waals surface area contributed by atoms with Gasteiger partial charge in [-0.05, 0) is 17.1 Å². The molecule has 0 saturated carbocycles. The first-order chi connectivity index (χ1) is 8.09. The van der Waals surface area contributed by atoms with Crippen LogP contribution in [0.5, 0.6) is 0 Å². The number of hydrogen-bond acceptors (Lipinski definition) is 3. The van der Waals surface area contributed by atoms with Crippen molar-refractivity contribution in [2.24, 2.45) is 27.3 Å². The van der Waals surface area contributed by atoms with Gasteiger partial charge in [0.15, 0.2) is 0 Å². The second-order valence-corrected chi connectivity index (χ2v) is 5.14. The SMILES string of the molecule is CC(C)C1(C(C)C)N=NN=C1c1ccccc1. The Morgan fingerprint density at radius 3 is 2.06 bits per heavy atom. The lowest BCUT2D eigenvalue weighted by Gasteiger charge is -2.34. The van der Waals surface area contributed by atoms with Gasteiger partial charge in [-0.1, -0.05) is 58.0 Å². The molecule has 0 aliphatic carbocycles. The molecule has 3 heteroatoms. The van der Waals surface area contributed by atoms with E-state index in [4.69, 9.17) is 0 Å². The smallest absolute Gasteiger partial charge is 0.132 e. The van der Waals surface area contributed by atoms with Crippen molar-refractivity contribution in [3.05, 3.63) is 35.9 Å². The van der Waals surface area contributed by atoms with E-state index in [2.05, 4.69) is 55.3 Å². The van der Waals surface area contributed by atoms with E-state index in [-0.39, 0.29) is 5.54 Å². The first kappa shape index (κ1) is 12.0. The monoisotopic (exact) mass is 229 g/mol. The molecule has 2 rings (SSSR count). The minimum atomic E-state index is -0.276. The van der Waals surface area contributed by atoms with Gasteiger partial charge in [0.1, 0.15) is 11.3 Å². The molecule has 0 unspecified atom stereocenters. The maximum atomic E-state index is 4.45. The van der Waals surface area contributed by atoms with Crippen molar-refractivity contribution in [3.8, 4) is 0 Å². The second-order valence-electron chi connectivity index (χ2n) is 5.14. The molecule has 0 N–H and O–H groups in total. The molecule has 17 heavy (non-hydrogen) atoms. The molecule has 1 aliphatic heterocycles. The van der Waals surface area contributed by atoms with Crippen LogP contribution in [0.1, 0.15) is 33.3 Å². The van der Waals surface area contributed by atoms with E-state index in [0.717, 1.165) is 11.3 Å². The molecule has 0 amide bonds. The van der Waals surface area contributed by atoms with Gasteiger partial charge in [0.2, 0.25) is 0 Å². The minimum Gasteiger partial charge on any atom is -0.155 e. The van der Waals surface area contributed by atoms with Gasteiger partial charge in [-0.25, -0.2) is 0 Å². The number of rotatable bonds is 3. The normalized spacial score (nSPS) is 17.9. The predicted molar refractivity (Wildman–Crippen MR) is 70.2 cm³/mol. The number of benzene rings is 1. The average Bonchev–Trinajstić information content (AvgIpc) is 2.75. The van der Waals surface area contributed by atoms with Gasteiger partial charge in [-0.2, -0.15) is 5.11 Å². The molecule has 1 aromatic rings. The molecule has 1 aromatic carbocycles. The molecule has 0 aromatic heterocycles. The Kier molecular flexibility index (Phi) is 3.09. The third-order valence-electron chi connectivity index (χ3n) is 3.54. The summed E-state index contributed by atoms with van der Waals surface area (Å²) in [6.07, 6.45) is 0.